The average Bonchev–Trinajstić information content (AvgIpc) is 2.40. The summed E-state index contributed by atoms with van der Waals surface area (Å²) in [5, 5.41) is 7.92. The third-order valence-electron chi connectivity index (χ3n) is 2.92. The van der Waals surface area contributed by atoms with Crippen LogP contribution in [0.2, 0.25) is 0 Å². The molecule has 0 saturated carbocycles. The van der Waals surface area contributed by atoms with Crippen molar-refractivity contribution in [2.24, 2.45) is 5.92 Å². The molecule has 1 aliphatic heterocycles. The summed E-state index contributed by atoms with van der Waals surface area (Å²) in [5.41, 5.74) is 0. The Balaban J connectivity index is 2.00. The van der Waals surface area contributed by atoms with Crippen LogP contribution in [0.1, 0.15) is 19.8 Å². The van der Waals surface area contributed by atoms with Gasteiger partial charge < -0.3 is 9.64 Å². The SMILES string of the molecule is CCOC(=O)C1CCCN(c2cccnn2)C1. The maximum atomic E-state index is 11.7. The lowest BCUT2D eigenvalue weighted by atomic mass is 9.98. The number of rotatable bonds is 3. The van der Waals surface area contributed by atoms with Crippen LogP contribution in [-0.4, -0.2) is 35.9 Å². The van der Waals surface area contributed by atoms with Crippen molar-refractivity contribution in [3.63, 3.8) is 0 Å². The van der Waals surface area contributed by atoms with Gasteiger partial charge in [-0.3, -0.25) is 4.79 Å². The second kappa shape index (κ2) is 5.61. The molecular weight excluding hydrogens is 218 g/mol. The summed E-state index contributed by atoms with van der Waals surface area (Å²) >= 11 is 0. The number of piperidine rings is 1. The lowest BCUT2D eigenvalue weighted by Crippen LogP contribution is -2.39. The quantitative estimate of drug-likeness (QED) is 0.738. The molecule has 5 nitrogen and oxygen atoms in total. The molecule has 0 N–H and O–H groups in total. The Kier molecular flexibility index (Phi) is 3.90. The lowest BCUT2D eigenvalue weighted by Gasteiger charge is -2.31. The van der Waals surface area contributed by atoms with E-state index >= 15 is 0 Å². The van der Waals surface area contributed by atoms with Crippen LogP contribution in [0.5, 0.6) is 0 Å². The molecule has 0 amide bonds. The molecule has 1 unspecified atom stereocenters. The number of esters is 1. The Morgan fingerprint density at radius 3 is 3.24 bits per heavy atom. The van der Waals surface area contributed by atoms with E-state index in [1.165, 1.54) is 0 Å². The van der Waals surface area contributed by atoms with Gasteiger partial charge in [-0.2, -0.15) is 5.10 Å². The largest absolute Gasteiger partial charge is 0.466 e. The highest BCUT2D eigenvalue weighted by Gasteiger charge is 2.27. The monoisotopic (exact) mass is 235 g/mol. The van der Waals surface area contributed by atoms with Crippen molar-refractivity contribution < 1.29 is 9.53 Å². The molecular formula is C12H17N3O2. The molecule has 0 spiro atoms. The summed E-state index contributed by atoms with van der Waals surface area (Å²) in [6, 6.07) is 3.77. The minimum absolute atomic E-state index is 0.0364. The van der Waals surface area contributed by atoms with Gasteiger partial charge in [0.25, 0.3) is 0 Å². The highest BCUT2D eigenvalue weighted by atomic mass is 16.5. The molecule has 2 rings (SSSR count). The van der Waals surface area contributed by atoms with Crippen molar-refractivity contribution in [3.05, 3.63) is 18.3 Å². The Hall–Kier alpha value is -1.65. The van der Waals surface area contributed by atoms with E-state index in [-0.39, 0.29) is 11.9 Å². The summed E-state index contributed by atoms with van der Waals surface area (Å²) in [6.45, 7) is 3.88. The Bertz CT molecular complexity index is 369. The van der Waals surface area contributed by atoms with Gasteiger partial charge in [-0.05, 0) is 31.9 Å². The van der Waals surface area contributed by atoms with E-state index in [1.54, 1.807) is 6.20 Å². The first kappa shape index (κ1) is 11.8. The van der Waals surface area contributed by atoms with Gasteiger partial charge in [0.05, 0.1) is 12.5 Å². The second-order valence-corrected chi connectivity index (χ2v) is 4.12. The van der Waals surface area contributed by atoms with Crippen molar-refractivity contribution in [2.45, 2.75) is 19.8 Å². The molecule has 1 aromatic heterocycles. The first-order chi connectivity index (χ1) is 8.31. The number of carbonyl (C=O) groups is 1. The number of hydrogen-bond donors (Lipinski definition) is 0. The van der Waals surface area contributed by atoms with E-state index in [4.69, 9.17) is 4.74 Å². The Labute approximate surface area is 101 Å². The normalized spacial score (nSPS) is 20.1. The van der Waals surface area contributed by atoms with Crippen LogP contribution in [0.15, 0.2) is 18.3 Å². The number of anilines is 1. The third kappa shape index (κ3) is 2.93. The minimum atomic E-state index is -0.0962. The van der Waals surface area contributed by atoms with Gasteiger partial charge in [-0.1, -0.05) is 0 Å². The Morgan fingerprint density at radius 1 is 1.65 bits per heavy atom. The van der Waals surface area contributed by atoms with Crippen LogP contribution in [0.4, 0.5) is 5.82 Å². The fraction of sp³-hybridized carbons (Fsp3) is 0.583. The van der Waals surface area contributed by atoms with E-state index < -0.39 is 0 Å². The molecule has 92 valence electrons. The zero-order valence-electron chi connectivity index (χ0n) is 10.0. The fourth-order valence-corrected chi connectivity index (χ4v) is 2.10. The molecule has 2 heterocycles. The molecule has 1 atom stereocenters. The number of carbonyl (C=O) groups excluding carboxylic acids is 1. The molecule has 0 radical (unpaired) electrons. The summed E-state index contributed by atoms with van der Waals surface area (Å²) in [7, 11) is 0. The van der Waals surface area contributed by atoms with Crippen LogP contribution >= 0.6 is 0 Å². The van der Waals surface area contributed by atoms with E-state index in [9.17, 15) is 4.79 Å². The molecule has 1 aromatic rings. The van der Waals surface area contributed by atoms with E-state index in [0.717, 1.165) is 25.2 Å². The van der Waals surface area contributed by atoms with Crippen LogP contribution in [0.3, 0.4) is 0 Å². The molecule has 1 fully saturated rings. The van der Waals surface area contributed by atoms with Gasteiger partial charge in [-0.25, -0.2) is 0 Å². The highest BCUT2D eigenvalue weighted by molar-refractivity contribution is 5.73. The first-order valence-electron chi connectivity index (χ1n) is 6.00. The molecule has 1 aliphatic rings. The number of ether oxygens (including phenoxy) is 1. The summed E-state index contributed by atoms with van der Waals surface area (Å²) in [4.78, 5) is 13.8. The van der Waals surface area contributed by atoms with Gasteiger partial charge >= 0.3 is 5.97 Å². The second-order valence-electron chi connectivity index (χ2n) is 4.12. The first-order valence-corrected chi connectivity index (χ1v) is 6.00. The summed E-state index contributed by atoms with van der Waals surface area (Å²) in [5.74, 6) is 0.702. The smallest absolute Gasteiger partial charge is 0.310 e. The molecule has 0 bridgehead atoms. The number of nitrogens with zero attached hydrogens (tertiary/aromatic N) is 3. The lowest BCUT2D eigenvalue weighted by molar-refractivity contribution is -0.148. The predicted octanol–water partition coefficient (Wildman–Crippen LogP) is 1.26. The van der Waals surface area contributed by atoms with Gasteiger partial charge in [-0.15, -0.1) is 5.10 Å². The molecule has 0 aliphatic carbocycles. The minimum Gasteiger partial charge on any atom is -0.466 e. The van der Waals surface area contributed by atoms with Gasteiger partial charge in [0.2, 0.25) is 0 Å². The highest BCUT2D eigenvalue weighted by Crippen LogP contribution is 2.21. The fourth-order valence-electron chi connectivity index (χ4n) is 2.10. The van der Waals surface area contributed by atoms with E-state index in [2.05, 4.69) is 15.1 Å². The van der Waals surface area contributed by atoms with Crippen LogP contribution in [0.25, 0.3) is 0 Å². The van der Waals surface area contributed by atoms with Gasteiger partial charge in [0, 0.05) is 19.3 Å². The molecule has 1 saturated heterocycles. The zero-order valence-corrected chi connectivity index (χ0v) is 10.0. The van der Waals surface area contributed by atoms with Crippen LogP contribution < -0.4 is 4.90 Å². The Morgan fingerprint density at radius 2 is 2.53 bits per heavy atom. The molecule has 5 heteroatoms. The van der Waals surface area contributed by atoms with E-state index in [0.29, 0.717) is 13.2 Å². The van der Waals surface area contributed by atoms with Crippen molar-refractivity contribution in [1.82, 2.24) is 10.2 Å². The zero-order chi connectivity index (χ0) is 12.1. The van der Waals surface area contributed by atoms with Crippen molar-refractivity contribution in [1.29, 1.82) is 0 Å². The third-order valence-corrected chi connectivity index (χ3v) is 2.92. The van der Waals surface area contributed by atoms with Crippen LogP contribution in [0, 0.1) is 5.92 Å². The summed E-state index contributed by atoms with van der Waals surface area (Å²) in [6.07, 6.45) is 3.53. The number of aromatic nitrogens is 2. The van der Waals surface area contributed by atoms with Crippen molar-refractivity contribution >= 4 is 11.8 Å². The average molecular weight is 235 g/mol. The molecule has 0 aromatic carbocycles. The maximum absolute atomic E-state index is 11.7. The topological polar surface area (TPSA) is 55.3 Å². The standard InChI is InChI=1S/C12H17N3O2/c1-2-17-12(16)10-5-4-8-15(9-10)11-6-3-7-13-14-11/h3,6-7,10H,2,4-5,8-9H2,1H3. The van der Waals surface area contributed by atoms with Crippen molar-refractivity contribution in [2.75, 3.05) is 24.6 Å². The summed E-state index contributed by atoms with van der Waals surface area (Å²) < 4.78 is 5.06. The number of hydrogen-bond acceptors (Lipinski definition) is 5. The van der Waals surface area contributed by atoms with Gasteiger partial charge in [0.15, 0.2) is 5.82 Å². The molecule has 17 heavy (non-hydrogen) atoms. The van der Waals surface area contributed by atoms with Gasteiger partial charge in [0.1, 0.15) is 0 Å². The van der Waals surface area contributed by atoms with E-state index in [1.807, 2.05) is 19.1 Å². The van der Waals surface area contributed by atoms with Crippen molar-refractivity contribution in [3.8, 4) is 0 Å². The predicted molar refractivity (Wildman–Crippen MR) is 63.6 cm³/mol. The van der Waals surface area contributed by atoms with Crippen LogP contribution in [-0.2, 0) is 9.53 Å². The maximum Gasteiger partial charge on any atom is 0.310 e.